The zero-order chi connectivity index (χ0) is 13.7. The highest BCUT2D eigenvalue weighted by Crippen LogP contribution is 2.33. The number of aliphatic hydroxyl groups is 1. The van der Waals surface area contributed by atoms with Gasteiger partial charge in [-0.15, -0.1) is 11.6 Å². The van der Waals surface area contributed by atoms with Crippen molar-refractivity contribution in [1.82, 2.24) is 4.98 Å². The van der Waals surface area contributed by atoms with Gasteiger partial charge in [-0.2, -0.15) is 0 Å². The second-order valence-corrected chi connectivity index (χ2v) is 4.11. The summed E-state index contributed by atoms with van der Waals surface area (Å²) in [6, 6.07) is 8.87. The predicted octanol–water partition coefficient (Wildman–Crippen LogP) is 3.11. The Morgan fingerprint density at radius 3 is 2.79 bits per heavy atom. The maximum Gasteiger partial charge on any atom is 0.223 e. The molecule has 1 aromatic heterocycles. The average Bonchev–Trinajstić information content (AvgIpc) is 2.48. The quantitative estimate of drug-likeness (QED) is 0.855. The third-order valence-electron chi connectivity index (χ3n) is 2.61. The Bertz CT molecular complexity index is 560. The Kier molecular flexibility index (Phi) is 4.60. The summed E-state index contributed by atoms with van der Waals surface area (Å²) in [4.78, 5) is 4.15. The molecule has 0 saturated heterocycles. The van der Waals surface area contributed by atoms with Crippen LogP contribution in [-0.2, 0) is 12.5 Å². The molecule has 0 amide bonds. The molecule has 0 aliphatic heterocycles. The number of hydrogen-bond acceptors (Lipinski definition) is 4. The SMILES string of the molecule is COc1cc(CO)ccc1Oc1ncccc1CCl. The molecule has 100 valence electrons. The monoisotopic (exact) mass is 279 g/mol. The first kappa shape index (κ1) is 13.6. The summed E-state index contributed by atoms with van der Waals surface area (Å²) in [5.41, 5.74) is 1.56. The Hall–Kier alpha value is -1.78. The number of nitrogens with zero attached hydrogens (tertiary/aromatic N) is 1. The molecule has 4 nitrogen and oxygen atoms in total. The molecule has 2 rings (SSSR count). The van der Waals surface area contributed by atoms with E-state index in [1.54, 1.807) is 37.6 Å². The van der Waals surface area contributed by atoms with Gasteiger partial charge in [-0.1, -0.05) is 12.1 Å². The van der Waals surface area contributed by atoms with Crippen LogP contribution >= 0.6 is 11.6 Å². The van der Waals surface area contributed by atoms with Crippen molar-refractivity contribution in [2.75, 3.05) is 7.11 Å². The van der Waals surface area contributed by atoms with E-state index in [9.17, 15) is 0 Å². The van der Waals surface area contributed by atoms with Gasteiger partial charge in [-0.3, -0.25) is 0 Å². The van der Waals surface area contributed by atoms with Crippen molar-refractivity contribution >= 4 is 11.6 Å². The second kappa shape index (κ2) is 6.41. The number of pyridine rings is 1. The van der Waals surface area contributed by atoms with Gasteiger partial charge in [0.25, 0.3) is 0 Å². The number of aromatic nitrogens is 1. The van der Waals surface area contributed by atoms with Gasteiger partial charge in [0.1, 0.15) is 0 Å². The van der Waals surface area contributed by atoms with Crippen molar-refractivity contribution in [3.05, 3.63) is 47.7 Å². The second-order valence-electron chi connectivity index (χ2n) is 3.85. The molecule has 1 heterocycles. The van der Waals surface area contributed by atoms with E-state index in [0.29, 0.717) is 23.3 Å². The predicted molar refractivity (Wildman–Crippen MR) is 72.8 cm³/mol. The summed E-state index contributed by atoms with van der Waals surface area (Å²) in [7, 11) is 1.55. The number of hydrogen-bond donors (Lipinski definition) is 1. The third kappa shape index (κ3) is 3.16. The van der Waals surface area contributed by atoms with Crippen LogP contribution in [0, 0.1) is 0 Å². The smallest absolute Gasteiger partial charge is 0.223 e. The lowest BCUT2D eigenvalue weighted by atomic mass is 10.2. The molecular formula is C14H14ClNO3. The number of benzene rings is 1. The van der Waals surface area contributed by atoms with Gasteiger partial charge >= 0.3 is 0 Å². The molecule has 0 unspecified atom stereocenters. The fraction of sp³-hybridized carbons (Fsp3) is 0.214. The number of aliphatic hydroxyl groups excluding tert-OH is 1. The van der Waals surface area contributed by atoms with Crippen LogP contribution in [0.25, 0.3) is 0 Å². The minimum Gasteiger partial charge on any atom is -0.493 e. The normalized spacial score (nSPS) is 10.3. The average molecular weight is 280 g/mol. The largest absolute Gasteiger partial charge is 0.493 e. The van der Waals surface area contributed by atoms with E-state index >= 15 is 0 Å². The van der Waals surface area contributed by atoms with Gasteiger partial charge < -0.3 is 14.6 Å². The van der Waals surface area contributed by atoms with Crippen LogP contribution in [0.3, 0.4) is 0 Å². The molecule has 2 aromatic rings. The van der Waals surface area contributed by atoms with E-state index in [2.05, 4.69) is 4.98 Å². The highest BCUT2D eigenvalue weighted by molar-refractivity contribution is 6.17. The first-order valence-corrected chi connectivity index (χ1v) is 6.27. The molecule has 0 bridgehead atoms. The van der Waals surface area contributed by atoms with E-state index in [4.69, 9.17) is 26.2 Å². The Labute approximate surface area is 116 Å². The van der Waals surface area contributed by atoms with E-state index in [1.807, 2.05) is 6.07 Å². The van der Waals surface area contributed by atoms with Crippen molar-refractivity contribution in [1.29, 1.82) is 0 Å². The van der Waals surface area contributed by atoms with Crippen molar-refractivity contribution in [2.45, 2.75) is 12.5 Å². The van der Waals surface area contributed by atoms with E-state index in [1.165, 1.54) is 0 Å². The minimum absolute atomic E-state index is 0.0485. The topological polar surface area (TPSA) is 51.6 Å². The van der Waals surface area contributed by atoms with Gasteiger partial charge in [-0.05, 0) is 23.8 Å². The zero-order valence-corrected chi connectivity index (χ0v) is 11.2. The van der Waals surface area contributed by atoms with Crippen LogP contribution in [0.2, 0.25) is 0 Å². The molecule has 0 fully saturated rings. The zero-order valence-electron chi connectivity index (χ0n) is 10.5. The fourth-order valence-electron chi connectivity index (χ4n) is 1.62. The summed E-state index contributed by atoms with van der Waals surface area (Å²) < 4.78 is 11.0. The maximum atomic E-state index is 9.09. The minimum atomic E-state index is -0.0485. The molecule has 19 heavy (non-hydrogen) atoms. The van der Waals surface area contributed by atoms with E-state index in [0.717, 1.165) is 11.1 Å². The van der Waals surface area contributed by atoms with E-state index in [-0.39, 0.29) is 6.61 Å². The summed E-state index contributed by atoms with van der Waals surface area (Å²) in [6.07, 6.45) is 1.64. The molecule has 0 saturated carbocycles. The van der Waals surface area contributed by atoms with Crippen molar-refractivity contribution in [3.63, 3.8) is 0 Å². The number of rotatable bonds is 5. The highest BCUT2D eigenvalue weighted by atomic mass is 35.5. The van der Waals surface area contributed by atoms with Crippen LogP contribution in [0.1, 0.15) is 11.1 Å². The summed E-state index contributed by atoms with van der Waals surface area (Å²) >= 11 is 5.84. The van der Waals surface area contributed by atoms with E-state index < -0.39 is 0 Å². The summed E-state index contributed by atoms with van der Waals surface area (Å²) in [6.45, 7) is -0.0485. The van der Waals surface area contributed by atoms with Crippen molar-refractivity contribution in [2.24, 2.45) is 0 Å². The molecule has 0 aliphatic rings. The molecule has 0 aliphatic carbocycles. The number of methoxy groups -OCH3 is 1. The van der Waals surface area contributed by atoms with Gasteiger partial charge in [-0.25, -0.2) is 4.98 Å². The molecular weight excluding hydrogens is 266 g/mol. The van der Waals surface area contributed by atoms with Gasteiger partial charge in [0.2, 0.25) is 5.88 Å². The van der Waals surface area contributed by atoms with Crippen molar-refractivity contribution in [3.8, 4) is 17.4 Å². The molecule has 0 atom stereocenters. The first-order valence-electron chi connectivity index (χ1n) is 5.74. The standard InChI is InChI=1S/C14H14ClNO3/c1-18-13-7-10(9-17)4-5-12(13)19-14-11(8-15)3-2-6-16-14/h2-7,17H,8-9H2,1H3. The highest BCUT2D eigenvalue weighted by Gasteiger charge is 2.10. The lowest BCUT2D eigenvalue weighted by Crippen LogP contribution is -1.96. The number of halogens is 1. The molecule has 0 radical (unpaired) electrons. The van der Waals surface area contributed by atoms with Crippen LogP contribution < -0.4 is 9.47 Å². The summed E-state index contributed by atoms with van der Waals surface area (Å²) in [5.74, 6) is 1.84. The van der Waals surface area contributed by atoms with Crippen LogP contribution in [0.5, 0.6) is 17.4 Å². The Morgan fingerprint density at radius 2 is 2.11 bits per heavy atom. The van der Waals surface area contributed by atoms with Crippen LogP contribution in [-0.4, -0.2) is 17.2 Å². The van der Waals surface area contributed by atoms with Gasteiger partial charge in [0, 0.05) is 11.8 Å². The number of alkyl halides is 1. The van der Waals surface area contributed by atoms with Crippen molar-refractivity contribution < 1.29 is 14.6 Å². The first-order chi connectivity index (χ1) is 9.28. The Balaban J connectivity index is 2.32. The Morgan fingerprint density at radius 1 is 1.26 bits per heavy atom. The fourth-order valence-corrected chi connectivity index (χ4v) is 1.82. The van der Waals surface area contributed by atoms with Gasteiger partial charge in [0.15, 0.2) is 11.5 Å². The maximum absolute atomic E-state index is 9.09. The molecule has 5 heteroatoms. The summed E-state index contributed by atoms with van der Waals surface area (Å²) in [5, 5.41) is 9.09. The van der Waals surface area contributed by atoms with Crippen LogP contribution in [0.4, 0.5) is 0 Å². The lowest BCUT2D eigenvalue weighted by molar-refractivity contribution is 0.280. The number of ether oxygens (including phenoxy) is 2. The van der Waals surface area contributed by atoms with Gasteiger partial charge in [0.05, 0.1) is 19.6 Å². The third-order valence-corrected chi connectivity index (χ3v) is 2.90. The lowest BCUT2D eigenvalue weighted by Gasteiger charge is -2.12. The van der Waals surface area contributed by atoms with Crippen LogP contribution in [0.15, 0.2) is 36.5 Å². The molecule has 0 spiro atoms. The molecule has 1 aromatic carbocycles. The molecule has 1 N–H and O–H groups in total.